The average molecular weight is 454 g/mol. The van der Waals surface area contributed by atoms with E-state index in [9.17, 15) is 9.90 Å². The molecular weight excluding hydrogens is 430 g/mol. The van der Waals surface area contributed by atoms with E-state index >= 15 is 0 Å². The van der Waals surface area contributed by atoms with E-state index in [1.54, 1.807) is 48.2 Å². The van der Waals surface area contributed by atoms with E-state index in [0.29, 0.717) is 39.6 Å². The topological polar surface area (TPSA) is 111 Å². The highest BCUT2D eigenvalue weighted by Gasteiger charge is 2.34. The van der Waals surface area contributed by atoms with Crippen molar-refractivity contribution in [1.29, 1.82) is 0 Å². The van der Waals surface area contributed by atoms with E-state index < -0.39 is 6.04 Å². The second-order valence-electron chi connectivity index (χ2n) is 7.05. The SMILES string of the molecule is COc1ccc(NC(=O)C2=C(C)Nc3nc(SC)nn3[C@H]2c2ccc(O)c(OC)c2)cc1. The van der Waals surface area contributed by atoms with Crippen molar-refractivity contribution in [1.82, 2.24) is 14.8 Å². The summed E-state index contributed by atoms with van der Waals surface area (Å²) in [6.07, 6.45) is 1.89. The van der Waals surface area contributed by atoms with Crippen LogP contribution < -0.4 is 20.1 Å². The van der Waals surface area contributed by atoms with E-state index in [2.05, 4.69) is 20.7 Å². The monoisotopic (exact) mass is 453 g/mol. The van der Waals surface area contributed by atoms with Crippen LogP contribution in [0.25, 0.3) is 0 Å². The van der Waals surface area contributed by atoms with Gasteiger partial charge in [0.25, 0.3) is 5.91 Å². The Morgan fingerprint density at radius 1 is 1.19 bits per heavy atom. The summed E-state index contributed by atoms with van der Waals surface area (Å²) >= 11 is 1.41. The van der Waals surface area contributed by atoms with Crippen LogP contribution in [0.3, 0.4) is 0 Å². The molecule has 0 saturated carbocycles. The summed E-state index contributed by atoms with van der Waals surface area (Å²) in [6, 6.07) is 11.5. The van der Waals surface area contributed by atoms with Crippen molar-refractivity contribution in [3.05, 3.63) is 59.3 Å². The number of benzene rings is 2. The first-order valence-electron chi connectivity index (χ1n) is 9.75. The number of carbonyl (C=O) groups is 1. The van der Waals surface area contributed by atoms with Crippen molar-refractivity contribution < 1.29 is 19.4 Å². The predicted octanol–water partition coefficient (Wildman–Crippen LogP) is 3.65. The van der Waals surface area contributed by atoms with E-state index in [1.807, 2.05) is 13.2 Å². The van der Waals surface area contributed by atoms with Gasteiger partial charge in [0, 0.05) is 11.4 Å². The third kappa shape index (κ3) is 3.96. The molecule has 1 atom stereocenters. The first-order valence-corrected chi connectivity index (χ1v) is 11.0. The van der Waals surface area contributed by atoms with Crippen LogP contribution in [0, 0.1) is 0 Å². The van der Waals surface area contributed by atoms with Crippen LogP contribution in [-0.2, 0) is 4.79 Å². The minimum Gasteiger partial charge on any atom is -0.504 e. The minimum atomic E-state index is -0.576. The van der Waals surface area contributed by atoms with Gasteiger partial charge < -0.3 is 25.2 Å². The maximum atomic E-state index is 13.4. The number of allylic oxidation sites excluding steroid dienone is 1. The molecule has 2 heterocycles. The normalized spacial score (nSPS) is 15.1. The quantitative estimate of drug-likeness (QED) is 0.485. The number of phenols is 1. The number of nitrogens with one attached hydrogen (secondary N) is 2. The van der Waals surface area contributed by atoms with Gasteiger partial charge in [-0.2, -0.15) is 4.98 Å². The van der Waals surface area contributed by atoms with Crippen molar-refractivity contribution in [2.75, 3.05) is 31.1 Å². The molecule has 0 radical (unpaired) electrons. The Morgan fingerprint density at radius 3 is 2.59 bits per heavy atom. The number of phenolic OH excluding ortho intramolecular Hbond substituents is 1. The summed E-state index contributed by atoms with van der Waals surface area (Å²) in [5.74, 6) is 1.26. The van der Waals surface area contributed by atoms with Crippen molar-refractivity contribution in [2.45, 2.75) is 18.1 Å². The van der Waals surface area contributed by atoms with Crippen LogP contribution in [0.4, 0.5) is 11.6 Å². The molecule has 0 fully saturated rings. The van der Waals surface area contributed by atoms with Gasteiger partial charge in [0.1, 0.15) is 11.8 Å². The molecule has 1 aromatic heterocycles. The first kappa shape index (κ1) is 21.6. The van der Waals surface area contributed by atoms with Crippen molar-refractivity contribution in [3.8, 4) is 17.2 Å². The van der Waals surface area contributed by atoms with Crippen LogP contribution >= 0.6 is 11.8 Å². The van der Waals surface area contributed by atoms with Gasteiger partial charge in [0.2, 0.25) is 11.1 Å². The number of hydrogen-bond donors (Lipinski definition) is 3. The standard InChI is InChI=1S/C22H23N5O4S/c1-12-18(20(29)24-14-6-8-15(30-2)9-7-14)19(13-5-10-16(28)17(11-13)31-3)27-21(23-12)25-22(26-27)32-4/h5-11,19,28H,1-4H3,(H,24,29)(H,23,25,26)/t19-/m0/s1. The molecule has 10 heteroatoms. The summed E-state index contributed by atoms with van der Waals surface area (Å²) in [5, 5.41) is 21.3. The molecule has 166 valence electrons. The van der Waals surface area contributed by atoms with Gasteiger partial charge in [-0.1, -0.05) is 17.8 Å². The van der Waals surface area contributed by atoms with Gasteiger partial charge in [-0.15, -0.1) is 5.10 Å². The van der Waals surface area contributed by atoms with E-state index in [-0.39, 0.29) is 11.7 Å². The van der Waals surface area contributed by atoms with E-state index in [1.165, 1.54) is 24.9 Å². The molecule has 9 nitrogen and oxygen atoms in total. The molecule has 0 unspecified atom stereocenters. The number of carbonyl (C=O) groups excluding carboxylic acids is 1. The summed E-state index contributed by atoms with van der Waals surface area (Å²) in [7, 11) is 3.07. The number of fused-ring (bicyclic) bond motifs is 1. The molecule has 32 heavy (non-hydrogen) atoms. The number of thioether (sulfide) groups is 1. The molecule has 3 aromatic rings. The number of anilines is 2. The Balaban J connectivity index is 1.78. The molecule has 1 aliphatic rings. The third-order valence-corrected chi connectivity index (χ3v) is 5.67. The zero-order valence-electron chi connectivity index (χ0n) is 18.0. The molecule has 1 amide bonds. The zero-order valence-corrected chi connectivity index (χ0v) is 18.9. The third-order valence-electron chi connectivity index (χ3n) is 5.13. The number of ether oxygens (including phenoxy) is 2. The van der Waals surface area contributed by atoms with Crippen molar-refractivity contribution in [3.63, 3.8) is 0 Å². The number of amides is 1. The van der Waals surface area contributed by atoms with Crippen molar-refractivity contribution in [2.24, 2.45) is 0 Å². The largest absolute Gasteiger partial charge is 0.504 e. The number of nitrogens with zero attached hydrogens (tertiary/aromatic N) is 3. The van der Waals surface area contributed by atoms with Crippen molar-refractivity contribution >= 4 is 29.3 Å². The van der Waals surface area contributed by atoms with Crippen LogP contribution in [0.2, 0.25) is 0 Å². The number of hydrogen-bond acceptors (Lipinski definition) is 8. The number of methoxy groups -OCH3 is 2. The van der Waals surface area contributed by atoms with Gasteiger partial charge in [0.05, 0.1) is 19.8 Å². The lowest BCUT2D eigenvalue weighted by atomic mass is 9.94. The highest BCUT2D eigenvalue weighted by Crippen LogP contribution is 2.39. The summed E-state index contributed by atoms with van der Waals surface area (Å²) in [5.41, 5.74) is 2.48. The van der Waals surface area contributed by atoms with Gasteiger partial charge >= 0.3 is 0 Å². The number of aromatic nitrogens is 3. The second kappa shape index (κ2) is 8.83. The summed E-state index contributed by atoms with van der Waals surface area (Å²) < 4.78 is 12.1. The van der Waals surface area contributed by atoms with Crippen LogP contribution in [0.1, 0.15) is 18.5 Å². The highest BCUT2D eigenvalue weighted by molar-refractivity contribution is 7.98. The van der Waals surface area contributed by atoms with Gasteiger partial charge in [-0.05, 0) is 55.1 Å². The Kier molecular flexibility index (Phi) is 5.95. The van der Waals surface area contributed by atoms with Gasteiger partial charge in [0.15, 0.2) is 11.5 Å². The fourth-order valence-corrected chi connectivity index (χ4v) is 3.90. The van der Waals surface area contributed by atoms with Crippen LogP contribution in [-0.4, -0.2) is 46.3 Å². The molecule has 0 saturated heterocycles. The van der Waals surface area contributed by atoms with E-state index in [0.717, 1.165) is 5.56 Å². The molecule has 0 aliphatic carbocycles. The molecule has 3 N–H and O–H groups in total. The summed E-state index contributed by atoms with van der Waals surface area (Å²) in [6.45, 7) is 1.82. The van der Waals surface area contributed by atoms with Gasteiger partial charge in [-0.3, -0.25) is 4.79 Å². The Labute approximate surface area is 189 Å². The molecule has 2 aromatic carbocycles. The molecular formula is C22H23N5O4S. The predicted molar refractivity (Wildman–Crippen MR) is 123 cm³/mol. The molecule has 0 spiro atoms. The first-order chi connectivity index (χ1) is 15.4. The lowest BCUT2D eigenvalue weighted by Gasteiger charge is -2.29. The highest BCUT2D eigenvalue weighted by atomic mass is 32.2. The smallest absolute Gasteiger partial charge is 0.255 e. The second-order valence-corrected chi connectivity index (χ2v) is 7.82. The molecule has 0 bridgehead atoms. The Bertz CT molecular complexity index is 1190. The molecule has 1 aliphatic heterocycles. The van der Waals surface area contributed by atoms with Crippen LogP contribution in [0.5, 0.6) is 17.2 Å². The Hall–Kier alpha value is -3.66. The fourth-order valence-electron chi connectivity index (χ4n) is 3.56. The maximum absolute atomic E-state index is 13.4. The van der Waals surface area contributed by atoms with Gasteiger partial charge in [-0.25, -0.2) is 4.68 Å². The fraction of sp³-hybridized carbons (Fsp3) is 0.227. The molecule has 4 rings (SSSR count). The zero-order chi connectivity index (χ0) is 22.8. The Morgan fingerprint density at radius 2 is 1.94 bits per heavy atom. The van der Waals surface area contributed by atoms with E-state index in [4.69, 9.17) is 9.47 Å². The lowest BCUT2D eigenvalue weighted by Crippen LogP contribution is -2.31. The number of aromatic hydroxyl groups is 1. The lowest BCUT2D eigenvalue weighted by molar-refractivity contribution is -0.113. The summed E-state index contributed by atoms with van der Waals surface area (Å²) in [4.78, 5) is 17.9. The average Bonchev–Trinajstić information content (AvgIpc) is 3.21. The minimum absolute atomic E-state index is 0.0127. The number of rotatable bonds is 6. The van der Waals surface area contributed by atoms with Crippen LogP contribution in [0.15, 0.2) is 58.9 Å². The maximum Gasteiger partial charge on any atom is 0.255 e.